The van der Waals surface area contributed by atoms with Crippen LogP contribution in [0, 0.1) is 5.82 Å². The zero-order valence-corrected chi connectivity index (χ0v) is 15.0. The van der Waals surface area contributed by atoms with Crippen molar-refractivity contribution in [3.8, 4) is 0 Å². The Labute approximate surface area is 153 Å². The Bertz CT molecular complexity index is 946. The van der Waals surface area contributed by atoms with Crippen LogP contribution in [0.1, 0.15) is 41.4 Å². The molecule has 134 valence electrons. The molecule has 0 atom stereocenters. The normalized spacial score (nSPS) is 14.1. The second-order valence-electron chi connectivity index (χ2n) is 6.96. The number of hydrogen-bond donors (Lipinski definition) is 0. The standard InChI is InChI=1S/C22H23FN2O/c1-2-3-12-24-13-11-18-19-14-17(23)9-10-20(19)25(21(18)22(24)26)15-16-7-5-4-6-8-16/h4-10,14H,2-3,11-13,15H2,1H3. The van der Waals surface area contributed by atoms with E-state index in [4.69, 9.17) is 0 Å². The van der Waals surface area contributed by atoms with Gasteiger partial charge in [-0.15, -0.1) is 0 Å². The molecular weight excluding hydrogens is 327 g/mol. The molecule has 0 N–H and O–H groups in total. The third kappa shape index (κ3) is 2.90. The first-order valence-corrected chi connectivity index (χ1v) is 9.33. The summed E-state index contributed by atoms with van der Waals surface area (Å²) in [5.74, 6) is -0.176. The van der Waals surface area contributed by atoms with Crippen LogP contribution in [0.3, 0.4) is 0 Å². The van der Waals surface area contributed by atoms with Crippen molar-refractivity contribution in [1.29, 1.82) is 0 Å². The van der Waals surface area contributed by atoms with Crippen molar-refractivity contribution in [2.75, 3.05) is 13.1 Å². The Morgan fingerprint density at radius 2 is 1.92 bits per heavy atom. The maximum Gasteiger partial charge on any atom is 0.270 e. The van der Waals surface area contributed by atoms with E-state index in [1.54, 1.807) is 12.1 Å². The highest BCUT2D eigenvalue weighted by molar-refractivity contribution is 6.03. The lowest BCUT2D eigenvalue weighted by Crippen LogP contribution is -2.39. The Morgan fingerprint density at radius 3 is 2.69 bits per heavy atom. The molecule has 4 rings (SSSR count). The molecule has 2 heterocycles. The molecule has 0 bridgehead atoms. The summed E-state index contributed by atoms with van der Waals surface area (Å²) in [5, 5.41) is 0.874. The Hall–Kier alpha value is -2.62. The van der Waals surface area contributed by atoms with E-state index in [2.05, 4.69) is 23.6 Å². The molecule has 0 saturated carbocycles. The van der Waals surface area contributed by atoms with Gasteiger partial charge in [-0.3, -0.25) is 4.79 Å². The number of unbranched alkanes of at least 4 members (excludes halogenated alkanes) is 1. The van der Waals surface area contributed by atoms with Gasteiger partial charge in [-0.1, -0.05) is 43.7 Å². The van der Waals surface area contributed by atoms with Gasteiger partial charge in [0.1, 0.15) is 11.5 Å². The van der Waals surface area contributed by atoms with Gasteiger partial charge in [0.2, 0.25) is 0 Å². The fourth-order valence-electron chi connectivity index (χ4n) is 3.88. The summed E-state index contributed by atoms with van der Waals surface area (Å²) < 4.78 is 15.9. The number of halogens is 1. The molecule has 1 aliphatic heterocycles. The fourth-order valence-corrected chi connectivity index (χ4v) is 3.88. The highest BCUT2D eigenvalue weighted by Gasteiger charge is 2.30. The largest absolute Gasteiger partial charge is 0.337 e. The van der Waals surface area contributed by atoms with Crippen molar-refractivity contribution in [3.05, 3.63) is 71.2 Å². The quantitative estimate of drug-likeness (QED) is 0.659. The molecule has 0 aliphatic carbocycles. The van der Waals surface area contributed by atoms with E-state index in [0.29, 0.717) is 13.1 Å². The van der Waals surface area contributed by atoms with Gasteiger partial charge in [0.15, 0.2) is 0 Å². The Kier molecular flexibility index (Phi) is 4.49. The molecule has 4 heteroatoms. The van der Waals surface area contributed by atoms with Crippen molar-refractivity contribution >= 4 is 16.8 Å². The number of benzene rings is 2. The summed E-state index contributed by atoms with van der Waals surface area (Å²) in [5.41, 5.74) is 3.80. The number of carbonyl (C=O) groups is 1. The molecule has 1 aliphatic rings. The number of aromatic nitrogens is 1. The van der Waals surface area contributed by atoms with Gasteiger partial charge in [-0.05, 0) is 42.2 Å². The van der Waals surface area contributed by atoms with E-state index in [-0.39, 0.29) is 11.7 Å². The SMILES string of the molecule is CCCCN1CCc2c(n(Cc3ccccc3)c3ccc(F)cc23)C1=O. The van der Waals surface area contributed by atoms with Crippen LogP contribution >= 0.6 is 0 Å². The molecule has 0 fully saturated rings. The maximum absolute atomic E-state index is 13.9. The lowest BCUT2D eigenvalue weighted by molar-refractivity contribution is 0.0727. The molecule has 2 aromatic carbocycles. The van der Waals surface area contributed by atoms with Crippen LogP contribution in [0.25, 0.3) is 10.9 Å². The summed E-state index contributed by atoms with van der Waals surface area (Å²) in [6.45, 7) is 4.25. The highest BCUT2D eigenvalue weighted by Crippen LogP contribution is 2.32. The van der Waals surface area contributed by atoms with E-state index in [0.717, 1.165) is 53.5 Å². The molecule has 1 aromatic heterocycles. The van der Waals surface area contributed by atoms with Gasteiger partial charge in [-0.25, -0.2) is 4.39 Å². The zero-order chi connectivity index (χ0) is 18.1. The summed E-state index contributed by atoms with van der Waals surface area (Å²) >= 11 is 0. The smallest absolute Gasteiger partial charge is 0.270 e. The molecule has 1 amide bonds. The number of hydrogen-bond acceptors (Lipinski definition) is 1. The lowest BCUT2D eigenvalue weighted by atomic mass is 10.0. The minimum absolute atomic E-state index is 0.0761. The van der Waals surface area contributed by atoms with E-state index >= 15 is 0 Å². The Morgan fingerprint density at radius 1 is 1.12 bits per heavy atom. The second-order valence-corrected chi connectivity index (χ2v) is 6.96. The highest BCUT2D eigenvalue weighted by atomic mass is 19.1. The Balaban J connectivity index is 1.84. The first-order chi connectivity index (χ1) is 12.7. The molecule has 3 nitrogen and oxygen atoms in total. The number of amides is 1. The van der Waals surface area contributed by atoms with Crippen LogP contribution in [-0.4, -0.2) is 28.5 Å². The predicted molar refractivity (Wildman–Crippen MR) is 102 cm³/mol. The minimum atomic E-state index is -0.252. The number of fused-ring (bicyclic) bond motifs is 3. The lowest BCUT2D eigenvalue weighted by Gasteiger charge is -2.28. The first kappa shape index (κ1) is 16.8. The van der Waals surface area contributed by atoms with E-state index in [1.807, 2.05) is 23.1 Å². The molecule has 0 spiro atoms. The van der Waals surface area contributed by atoms with E-state index in [9.17, 15) is 9.18 Å². The van der Waals surface area contributed by atoms with E-state index in [1.165, 1.54) is 6.07 Å². The summed E-state index contributed by atoms with van der Waals surface area (Å²) in [6.07, 6.45) is 2.86. The molecule has 0 saturated heterocycles. The van der Waals surface area contributed by atoms with Crippen molar-refractivity contribution in [2.45, 2.75) is 32.7 Å². The van der Waals surface area contributed by atoms with Crippen LogP contribution in [0.4, 0.5) is 4.39 Å². The summed E-state index contributed by atoms with van der Waals surface area (Å²) in [7, 11) is 0. The predicted octanol–water partition coefficient (Wildman–Crippen LogP) is 4.63. The van der Waals surface area contributed by atoms with Gasteiger partial charge >= 0.3 is 0 Å². The minimum Gasteiger partial charge on any atom is -0.337 e. The van der Waals surface area contributed by atoms with Gasteiger partial charge in [0, 0.05) is 30.5 Å². The summed E-state index contributed by atoms with van der Waals surface area (Å²) in [6, 6.07) is 15.0. The van der Waals surface area contributed by atoms with Gasteiger partial charge in [0.25, 0.3) is 5.91 Å². The first-order valence-electron chi connectivity index (χ1n) is 9.33. The molecular formula is C22H23FN2O. The molecule has 26 heavy (non-hydrogen) atoms. The fraction of sp³-hybridized carbons (Fsp3) is 0.318. The van der Waals surface area contributed by atoms with Crippen molar-refractivity contribution in [2.24, 2.45) is 0 Å². The molecule has 0 unspecified atom stereocenters. The molecule has 0 radical (unpaired) electrons. The van der Waals surface area contributed by atoms with Gasteiger partial charge in [-0.2, -0.15) is 0 Å². The van der Waals surface area contributed by atoms with Crippen LogP contribution in [0.15, 0.2) is 48.5 Å². The van der Waals surface area contributed by atoms with Gasteiger partial charge < -0.3 is 9.47 Å². The zero-order valence-electron chi connectivity index (χ0n) is 15.0. The topological polar surface area (TPSA) is 25.2 Å². The monoisotopic (exact) mass is 350 g/mol. The van der Waals surface area contributed by atoms with E-state index < -0.39 is 0 Å². The third-order valence-corrected chi connectivity index (χ3v) is 5.22. The van der Waals surface area contributed by atoms with Crippen molar-refractivity contribution in [3.63, 3.8) is 0 Å². The van der Waals surface area contributed by atoms with Gasteiger partial charge in [0.05, 0.1) is 0 Å². The van der Waals surface area contributed by atoms with Crippen LogP contribution in [0.5, 0.6) is 0 Å². The second kappa shape index (κ2) is 6.94. The van der Waals surface area contributed by atoms with Crippen molar-refractivity contribution in [1.82, 2.24) is 9.47 Å². The van der Waals surface area contributed by atoms with Crippen LogP contribution in [0.2, 0.25) is 0 Å². The maximum atomic E-state index is 13.9. The number of rotatable bonds is 5. The average Bonchev–Trinajstić information content (AvgIpc) is 2.96. The number of nitrogens with zero attached hydrogens (tertiary/aromatic N) is 2. The van der Waals surface area contributed by atoms with Crippen LogP contribution < -0.4 is 0 Å². The third-order valence-electron chi connectivity index (χ3n) is 5.22. The van der Waals surface area contributed by atoms with Crippen molar-refractivity contribution < 1.29 is 9.18 Å². The number of carbonyl (C=O) groups excluding carboxylic acids is 1. The molecule has 3 aromatic rings. The summed E-state index contributed by atoms with van der Waals surface area (Å²) in [4.78, 5) is 15.1. The van der Waals surface area contributed by atoms with Crippen LogP contribution in [-0.2, 0) is 13.0 Å². The average molecular weight is 350 g/mol.